The van der Waals surface area contributed by atoms with Crippen LogP contribution in [-0.4, -0.2) is 11.8 Å². The summed E-state index contributed by atoms with van der Waals surface area (Å²) in [5.74, 6) is 0.854. The quantitative estimate of drug-likeness (QED) is 0.813. The Morgan fingerprint density at radius 3 is 2.37 bits per heavy atom. The Morgan fingerprint density at radius 2 is 1.68 bits per heavy atom. The summed E-state index contributed by atoms with van der Waals surface area (Å²) in [6.45, 7) is 0. The largest absolute Gasteiger partial charge is 0.327 e. The van der Waals surface area contributed by atoms with Gasteiger partial charge in [-0.2, -0.15) is 0 Å². The van der Waals surface area contributed by atoms with Crippen LogP contribution >= 0.6 is 35.0 Å². The molecule has 0 aromatic heterocycles. The summed E-state index contributed by atoms with van der Waals surface area (Å²) in [7, 11) is 0. The van der Waals surface area contributed by atoms with Crippen LogP contribution < -0.4 is 5.73 Å². The Hall–Kier alpha value is -0.670. The van der Waals surface area contributed by atoms with Crippen LogP contribution in [0.15, 0.2) is 53.4 Å². The zero-order valence-corrected chi connectivity index (χ0v) is 12.7. The lowest BCUT2D eigenvalue weighted by atomic mass is 10.1. The lowest BCUT2D eigenvalue weighted by Gasteiger charge is -2.11. The van der Waals surface area contributed by atoms with Gasteiger partial charge in [0.25, 0.3) is 0 Å². The van der Waals surface area contributed by atoms with E-state index in [0.29, 0.717) is 0 Å². The highest BCUT2D eigenvalue weighted by atomic mass is 35.5. The average Bonchev–Trinajstić information content (AvgIpc) is 2.36. The number of nitrogens with two attached hydrogens (primary N) is 1. The number of halogens is 2. The summed E-state index contributed by atoms with van der Waals surface area (Å²) >= 11 is 13.6. The molecule has 0 radical (unpaired) electrons. The van der Waals surface area contributed by atoms with E-state index < -0.39 is 0 Å². The van der Waals surface area contributed by atoms with Gasteiger partial charge in [-0.1, -0.05) is 41.4 Å². The molecule has 1 nitrogen and oxygen atoms in total. The summed E-state index contributed by atoms with van der Waals surface area (Å²) in [5.41, 5.74) is 7.32. The summed E-state index contributed by atoms with van der Waals surface area (Å²) in [6.07, 6.45) is 0.828. The molecule has 0 aliphatic rings. The first-order valence-corrected chi connectivity index (χ1v) is 7.76. The smallest absolute Gasteiger partial charge is 0.0417 e. The van der Waals surface area contributed by atoms with Crippen molar-refractivity contribution in [1.82, 2.24) is 0 Å². The Morgan fingerprint density at radius 1 is 1.00 bits per heavy atom. The molecule has 2 aromatic rings. The van der Waals surface area contributed by atoms with Crippen molar-refractivity contribution < 1.29 is 0 Å². The van der Waals surface area contributed by atoms with Gasteiger partial charge in [0.2, 0.25) is 0 Å². The summed E-state index contributed by atoms with van der Waals surface area (Å²) in [6, 6.07) is 15.8. The lowest BCUT2D eigenvalue weighted by molar-refractivity contribution is 0.749. The van der Waals surface area contributed by atoms with Gasteiger partial charge in [0.15, 0.2) is 0 Å². The monoisotopic (exact) mass is 311 g/mol. The first-order chi connectivity index (χ1) is 9.13. The van der Waals surface area contributed by atoms with Gasteiger partial charge in [0.05, 0.1) is 0 Å². The minimum atomic E-state index is 0.0995. The Bertz CT molecular complexity index is 545. The zero-order valence-electron chi connectivity index (χ0n) is 10.4. The van der Waals surface area contributed by atoms with Crippen LogP contribution in [-0.2, 0) is 6.42 Å². The molecule has 0 saturated carbocycles. The molecular weight excluding hydrogens is 297 g/mol. The molecule has 0 saturated heterocycles. The third-order valence-electron chi connectivity index (χ3n) is 2.65. The first-order valence-electron chi connectivity index (χ1n) is 6.02. The van der Waals surface area contributed by atoms with Crippen LogP contribution in [0.3, 0.4) is 0 Å². The molecule has 2 rings (SSSR count). The second-order valence-electron chi connectivity index (χ2n) is 4.36. The second kappa shape index (κ2) is 7.20. The highest BCUT2D eigenvalue weighted by Crippen LogP contribution is 2.22. The van der Waals surface area contributed by atoms with Crippen LogP contribution in [0.2, 0.25) is 10.0 Å². The van der Waals surface area contributed by atoms with Gasteiger partial charge in [-0.3, -0.25) is 0 Å². The van der Waals surface area contributed by atoms with E-state index in [0.717, 1.165) is 27.1 Å². The summed E-state index contributed by atoms with van der Waals surface area (Å²) in [4.78, 5) is 1.15. The fourth-order valence-corrected chi connectivity index (χ4v) is 3.16. The predicted octanol–water partition coefficient (Wildman–Crippen LogP) is 4.66. The topological polar surface area (TPSA) is 26.0 Å². The van der Waals surface area contributed by atoms with Gasteiger partial charge >= 0.3 is 0 Å². The highest BCUT2D eigenvalue weighted by molar-refractivity contribution is 7.99. The van der Waals surface area contributed by atoms with Crippen molar-refractivity contribution >= 4 is 35.0 Å². The van der Waals surface area contributed by atoms with Gasteiger partial charge in [0.1, 0.15) is 0 Å². The molecule has 0 fully saturated rings. The molecule has 4 heteroatoms. The minimum Gasteiger partial charge on any atom is -0.327 e. The molecule has 100 valence electrons. The molecule has 0 aliphatic carbocycles. The van der Waals surface area contributed by atoms with Crippen LogP contribution in [0.5, 0.6) is 0 Å². The van der Waals surface area contributed by atoms with E-state index in [4.69, 9.17) is 28.9 Å². The molecule has 0 aliphatic heterocycles. The van der Waals surface area contributed by atoms with Gasteiger partial charge < -0.3 is 5.73 Å². The van der Waals surface area contributed by atoms with Crippen molar-refractivity contribution in [3.05, 3.63) is 64.1 Å². The fourth-order valence-electron chi connectivity index (χ4n) is 1.79. The van der Waals surface area contributed by atoms with Crippen molar-refractivity contribution in [1.29, 1.82) is 0 Å². The standard InChI is InChI=1S/C15H15Cl2NS/c16-12-4-1-3-11(7-12)8-14(18)10-19-15-6-2-5-13(17)9-15/h1-7,9,14H,8,10,18H2. The third-order valence-corrected chi connectivity index (χ3v) is 4.30. The zero-order chi connectivity index (χ0) is 13.7. The number of benzene rings is 2. The molecule has 0 spiro atoms. The average molecular weight is 312 g/mol. The molecule has 2 N–H and O–H groups in total. The number of rotatable bonds is 5. The number of hydrogen-bond acceptors (Lipinski definition) is 2. The maximum atomic E-state index is 6.14. The molecule has 1 atom stereocenters. The Labute approximate surface area is 128 Å². The van der Waals surface area contributed by atoms with Gasteiger partial charge in [-0.25, -0.2) is 0 Å². The summed E-state index contributed by atoms with van der Waals surface area (Å²) in [5, 5.41) is 1.51. The van der Waals surface area contributed by atoms with E-state index in [9.17, 15) is 0 Å². The first kappa shape index (κ1) is 14.7. The SMILES string of the molecule is NC(CSc1cccc(Cl)c1)Cc1cccc(Cl)c1. The fraction of sp³-hybridized carbons (Fsp3) is 0.200. The molecule has 2 aromatic carbocycles. The number of thioether (sulfide) groups is 1. The normalized spacial score (nSPS) is 12.4. The minimum absolute atomic E-state index is 0.0995. The van der Waals surface area contributed by atoms with Crippen molar-refractivity contribution in [3.63, 3.8) is 0 Å². The van der Waals surface area contributed by atoms with Crippen molar-refractivity contribution in [3.8, 4) is 0 Å². The van der Waals surface area contributed by atoms with Gasteiger partial charge in [-0.05, 0) is 42.3 Å². The van der Waals surface area contributed by atoms with E-state index in [-0.39, 0.29) is 6.04 Å². The van der Waals surface area contributed by atoms with Gasteiger partial charge in [0, 0.05) is 26.7 Å². The molecular formula is C15H15Cl2NS. The van der Waals surface area contributed by atoms with E-state index in [2.05, 4.69) is 6.07 Å². The van der Waals surface area contributed by atoms with E-state index in [1.165, 1.54) is 5.56 Å². The van der Waals surface area contributed by atoms with Crippen LogP contribution in [0.25, 0.3) is 0 Å². The van der Waals surface area contributed by atoms with Crippen molar-refractivity contribution in [2.75, 3.05) is 5.75 Å². The highest BCUT2D eigenvalue weighted by Gasteiger charge is 2.06. The van der Waals surface area contributed by atoms with E-state index >= 15 is 0 Å². The maximum Gasteiger partial charge on any atom is 0.0417 e. The van der Waals surface area contributed by atoms with Crippen molar-refractivity contribution in [2.24, 2.45) is 5.73 Å². The van der Waals surface area contributed by atoms with Crippen molar-refractivity contribution in [2.45, 2.75) is 17.4 Å². The second-order valence-corrected chi connectivity index (χ2v) is 6.33. The van der Waals surface area contributed by atoms with Gasteiger partial charge in [-0.15, -0.1) is 11.8 Å². The molecule has 0 heterocycles. The Balaban J connectivity index is 1.86. The van der Waals surface area contributed by atoms with E-state index in [1.807, 2.05) is 42.5 Å². The lowest BCUT2D eigenvalue weighted by Crippen LogP contribution is -2.25. The van der Waals surface area contributed by atoms with E-state index in [1.54, 1.807) is 11.8 Å². The molecule has 1 unspecified atom stereocenters. The Kier molecular flexibility index (Phi) is 5.59. The molecule has 19 heavy (non-hydrogen) atoms. The maximum absolute atomic E-state index is 6.14. The van der Waals surface area contributed by atoms with Crippen LogP contribution in [0.4, 0.5) is 0 Å². The van der Waals surface area contributed by atoms with Crippen LogP contribution in [0.1, 0.15) is 5.56 Å². The number of hydrogen-bond donors (Lipinski definition) is 1. The van der Waals surface area contributed by atoms with Crippen LogP contribution in [0, 0.1) is 0 Å². The molecule has 0 amide bonds. The third kappa shape index (κ3) is 5.07. The predicted molar refractivity (Wildman–Crippen MR) is 85.3 cm³/mol. The molecule has 0 bridgehead atoms. The summed E-state index contributed by atoms with van der Waals surface area (Å²) < 4.78 is 0.